The molecule has 23 heavy (non-hydrogen) atoms. The van der Waals surface area contributed by atoms with E-state index in [1.165, 1.54) is 0 Å². The van der Waals surface area contributed by atoms with Crippen LogP contribution in [0.2, 0.25) is 0 Å². The molecule has 0 aliphatic heterocycles. The average Bonchev–Trinajstić information content (AvgIpc) is 2.57. The molecule has 0 saturated heterocycles. The minimum Gasteiger partial charge on any atom is -0.497 e. The van der Waals surface area contributed by atoms with Crippen molar-refractivity contribution in [1.29, 1.82) is 0 Å². The first-order chi connectivity index (χ1) is 11.0. The summed E-state index contributed by atoms with van der Waals surface area (Å²) < 4.78 is 5.12. The maximum atomic E-state index is 12.3. The van der Waals surface area contributed by atoms with Crippen molar-refractivity contribution in [3.8, 4) is 5.75 Å². The lowest BCUT2D eigenvalue weighted by molar-refractivity contribution is -0.146. The van der Waals surface area contributed by atoms with E-state index in [1.54, 1.807) is 12.0 Å². The third-order valence-corrected chi connectivity index (χ3v) is 3.72. The fourth-order valence-electron chi connectivity index (χ4n) is 2.31. The first-order valence-electron chi connectivity index (χ1n) is 8.27. The monoisotopic (exact) mass is 320 g/mol. The maximum Gasteiger partial charge on any atom is 0.311 e. The first-order valence-corrected chi connectivity index (χ1v) is 8.27. The summed E-state index contributed by atoms with van der Waals surface area (Å²) in [5, 5.41) is 2.78. The molecule has 5 heteroatoms. The smallest absolute Gasteiger partial charge is 0.311 e. The molecule has 1 aromatic rings. The molecule has 0 aliphatic carbocycles. The summed E-state index contributed by atoms with van der Waals surface area (Å²) in [7, 11) is 1.61. The number of methoxy groups -OCH3 is 1. The number of carbonyl (C=O) groups is 2. The van der Waals surface area contributed by atoms with Crippen LogP contribution in [0.1, 0.15) is 51.6 Å². The highest BCUT2D eigenvalue weighted by Gasteiger charge is 2.22. The molecule has 128 valence electrons. The van der Waals surface area contributed by atoms with E-state index in [4.69, 9.17) is 4.74 Å². The molecule has 0 bridgehead atoms. The number of nitrogens with zero attached hydrogens (tertiary/aromatic N) is 1. The Labute approximate surface area is 139 Å². The molecule has 1 aromatic carbocycles. The van der Waals surface area contributed by atoms with Gasteiger partial charge in [-0.3, -0.25) is 9.59 Å². The lowest BCUT2D eigenvalue weighted by Crippen LogP contribution is -2.44. The lowest BCUT2D eigenvalue weighted by atomic mass is 10.1. The Morgan fingerprint density at radius 2 is 1.78 bits per heavy atom. The molecule has 0 heterocycles. The molecule has 0 saturated carbocycles. The number of nitrogens with one attached hydrogen (secondary N) is 1. The fourth-order valence-corrected chi connectivity index (χ4v) is 2.31. The zero-order valence-corrected chi connectivity index (χ0v) is 14.6. The summed E-state index contributed by atoms with van der Waals surface area (Å²) in [6, 6.07) is 7.21. The first kappa shape index (κ1) is 19.0. The molecule has 1 atom stereocenters. The number of ether oxygens (including phenoxy) is 1. The highest BCUT2D eigenvalue weighted by atomic mass is 16.5. The van der Waals surface area contributed by atoms with E-state index in [0.717, 1.165) is 30.6 Å². The number of benzene rings is 1. The van der Waals surface area contributed by atoms with Crippen molar-refractivity contribution in [3.05, 3.63) is 29.8 Å². The Balaban J connectivity index is 2.65. The van der Waals surface area contributed by atoms with Gasteiger partial charge in [-0.15, -0.1) is 0 Å². The number of unbranched alkanes of at least 4 members (excludes halogenated alkanes) is 1. The Kier molecular flexibility index (Phi) is 8.16. The van der Waals surface area contributed by atoms with Gasteiger partial charge in [-0.25, -0.2) is 0 Å². The zero-order valence-electron chi connectivity index (χ0n) is 14.6. The second kappa shape index (κ2) is 9.87. The Morgan fingerprint density at radius 3 is 2.30 bits per heavy atom. The molecular weight excluding hydrogens is 292 g/mol. The van der Waals surface area contributed by atoms with Gasteiger partial charge in [0.05, 0.1) is 13.2 Å². The van der Waals surface area contributed by atoms with Crippen LogP contribution in [0, 0.1) is 0 Å². The minimum atomic E-state index is -0.544. The molecule has 2 amide bonds. The summed E-state index contributed by atoms with van der Waals surface area (Å²) in [5.74, 6) is -0.226. The molecular formula is C18H28N2O3. The van der Waals surface area contributed by atoms with Crippen LogP contribution in [0.25, 0.3) is 0 Å². The second-order valence-corrected chi connectivity index (χ2v) is 5.61. The van der Waals surface area contributed by atoms with Gasteiger partial charge in [0.25, 0.3) is 0 Å². The van der Waals surface area contributed by atoms with Gasteiger partial charge in [-0.1, -0.05) is 32.4 Å². The number of amides is 2. The van der Waals surface area contributed by atoms with E-state index in [0.29, 0.717) is 13.1 Å². The number of hydrogen-bond donors (Lipinski definition) is 1. The van der Waals surface area contributed by atoms with Crippen LogP contribution in [0.4, 0.5) is 0 Å². The van der Waals surface area contributed by atoms with Gasteiger partial charge < -0.3 is 15.0 Å². The van der Waals surface area contributed by atoms with Crippen LogP contribution in [0.15, 0.2) is 24.3 Å². The predicted octanol–water partition coefficient (Wildman–Crippen LogP) is 2.91. The van der Waals surface area contributed by atoms with Crippen LogP contribution in [0.3, 0.4) is 0 Å². The van der Waals surface area contributed by atoms with Gasteiger partial charge in [0.2, 0.25) is 0 Å². The summed E-state index contributed by atoms with van der Waals surface area (Å²) in [4.78, 5) is 26.1. The van der Waals surface area contributed by atoms with Gasteiger partial charge in [-0.05, 0) is 37.5 Å². The topological polar surface area (TPSA) is 58.6 Å². The Bertz CT molecular complexity index is 499. The predicted molar refractivity (Wildman–Crippen MR) is 91.3 cm³/mol. The summed E-state index contributed by atoms with van der Waals surface area (Å²) in [6.07, 6.45) is 2.75. The van der Waals surface area contributed by atoms with Crippen molar-refractivity contribution < 1.29 is 14.3 Å². The van der Waals surface area contributed by atoms with Gasteiger partial charge in [0.15, 0.2) is 0 Å². The summed E-state index contributed by atoms with van der Waals surface area (Å²) in [6.45, 7) is 7.18. The third kappa shape index (κ3) is 5.93. The van der Waals surface area contributed by atoms with E-state index in [9.17, 15) is 9.59 Å². The average molecular weight is 320 g/mol. The molecule has 1 N–H and O–H groups in total. The van der Waals surface area contributed by atoms with Crippen LogP contribution in [0.5, 0.6) is 5.75 Å². The van der Waals surface area contributed by atoms with Crippen LogP contribution >= 0.6 is 0 Å². The van der Waals surface area contributed by atoms with Crippen LogP contribution < -0.4 is 10.1 Å². The van der Waals surface area contributed by atoms with E-state index < -0.39 is 11.8 Å². The quantitative estimate of drug-likeness (QED) is 0.749. The highest BCUT2D eigenvalue weighted by molar-refractivity contribution is 6.35. The number of hydrogen-bond acceptors (Lipinski definition) is 3. The third-order valence-electron chi connectivity index (χ3n) is 3.72. The van der Waals surface area contributed by atoms with E-state index >= 15 is 0 Å². The largest absolute Gasteiger partial charge is 0.497 e. The normalized spacial score (nSPS) is 11.7. The summed E-state index contributed by atoms with van der Waals surface area (Å²) in [5.41, 5.74) is 0.933. The molecule has 0 spiro atoms. The minimum absolute atomic E-state index is 0.230. The standard InChI is InChI=1S/C18H28N2O3/c1-5-7-13-20(12-6-2)18(22)17(21)19-14(3)15-8-10-16(23-4)11-9-15/h8-11,14H,5-7,12-13H2,1-4H3,(H,19,21). The molecule has 5 nitrogen and oxygen atoms in total. The van der Waals surface area contributed by atoms with Crippen LogP contribution in [-0.2, 0) is 9.59 Å². The van der Waals surface area contributed by atoms with Gasteiger partial charge in [-0.2, -0.15) is 0 Å². The molecule has 0 radical (unpaired) electrons. The molecule has 0 fully saturated rings. The van der Waals surface area contributed by atoms with Crippen molar-refractivity contribution in [2.75, 3.05) is 20.2 Å². The zero-order chi connectivity index (χ0) is 17.2. The van der Waals surface area contributed by atoms with Crippen LogP contribution in [-0.4, -0.2) is 36.9 Å². The lowest BCUT2D eigenvalue weighted by Gasteiger charge is -2.22. The van der Waals surface area contributed by atoms with Crippen molar-refractivity contribution >= 4 is 11.8 Å². The summed E-state index contributed by atoms with van der Waals surface area (Å²) >= 11 is 0. The van der Waals surface area contributed by atoms with Crippen molar-refractivity contribution in [1.82, 2.24) is 10.2 Å². The molecule has 1 unspecified atom stereocenters. The maximum absolute atomic E-state index is 12.3. The van der Waals surface area contributed by atoms with Crippen molar-refractivity contribution in [2.24, 2.45) is 0 Å². The molecule has 1 rings (SSSR count). The Morgan fingerprint density at radius 1 is 1.13 bits per heavy atom. The van der Waals surface area contributed by atoms with Crippen molar-refractivity contribution in [2.45, 2.75) is 46.1 Å². The van der Waals surface area contributed by atoms with E-state index in [2.05, 4.69) is 12.2 Å². The van der Waals surface area contributed by atoms with Crippen molar-refractivity contribution in [3.63, 3.8) is 0 Å². The highest BCUT2D eigenvalue weighted by Crippen LogP contribution is 2.17. The SMILES string of the molecule is CCCCN(CCC)C(=O)C(=O)NC(C)c1ccc(OC)cc1. The van der Waals surface area contributed by atoms with Gasteiger partial charge in [0, 0.05) is 13.1 Å². The van der Waals surface area contributed by atoms with E-state index in [-0.39, 0.29) is 6.04 Å². The Hall–Kier alpha value is -2.04. The molecule has 0 aliphatic rings. The molecule has 0 aromatic heterocycles. The van der Waals surface area contributed by atoms with E-state index in [1.807, 2.05) is 38.1 Å². The number of rotatable bonds is 8. The van der Waals surface area contributed by atoms with Gasteiger partial charge >= 0.3 is 11.8 Å². The second-order valence-electron chi connectivity index (χ2n) is 5.61. The number of carbonyl (C=O) groups excluding carboxylic acids is 2. The van der Waals surface area contributed by atoms with Gasteiger partial charge in [0.1, 0.15) is 5.75 Å². The fraction of sp³-hybridized carbons (Fsp3) is 0.556.